The number of hydrogen-bond donors (Lipinski definition) is 0. The number of piperidine rings is 1. The van der Waals surface area contributed by atoms with E-state index >= 15 is 0 Å². The molecule has 2 aliphatic heterocycles. The molecule has 0 radical (unpaired) electrons. The van der Waals surface area contributed by atoms with E-state index in [9.17, 15) is 4.79 Å². The average molecular weight is 341 g/mol. The molecule has 130 valence electrons. The number of fused-ring (bicyclic) bond motifs is 1. The van der Waals surface area contributed by atoms with Crippen LogP contribution in [0.15, 0.2) is 23.0 Å². The molecule has 3 atom stereocenters. The van der Waals surface area contributed by atoms with Crippen molar-refractivity contribution in [2.45, 2.75) is 43.8 Å². The molecule has 0 N–H and O–H groups in total. The van der Waals surface area contributed by atoms with Crippen LogP contribution in [0.25, 0.3) is 0 Å². The minimum absolute atomic E-state index is 0.00986. The standard InChI is InChI=1S/C17H19N5O3/c23-17(12-8-18-4-5-19-12)22-6-3-11-7-13(24-14(11)9-22)16-21-20-15(25-16)10-1-2-10/h4-5,8,10-11,13-14H,1-3,6-7,9H2/t11-,13-,14+/m1/s1. The molecule has 1 amide bonds. The van der Waals surface area contributed by atoms with Crippen molar-refractivity contribution in [1.82, 2.24) is 25.1 Å². The Kier molecular flexibility index (Phi) is 3.51. The zero-order valence-corrected chi connectivity index (χ0v) is 13.7. The molecule has 4 heterocycles. The van der Waals surface area contributed by atoms with Gasteiger partial charge in [0.2, 0.25) is 11.8 Å². The van der Waals surface area contributed by atoms with Gasteiger partial charge in [0.15, 0.2) is 0 Å². The maximum absolute atomic E-state index is 12.6. The van der Waals surface area contributed by atoms with E-state index < -0.39 is 0 Å². The summed E-state index contributed by atoms with van der Waals surface area (Å²) in [6.45, 7) is 1.28. The lowest BCUT2D eigenvalue weighted by Gasteiger charge is -2.33. The molecular weight excluding hydrogens is 322 g/mol. The Balaban J connectivity index is 1.26. The molecular formula is C17H19N5O3. The third kappa shape index (κ3) is 2.80. The maximum atomic E-state index is 12.6. The highest BCUT2D eigenvalue weighted by Crippen LogP contribution is 2.43. The summed E-state index contributed by atoms with van der Waals surface area (Å²) in [5.41, 5.74) is 0.376. The minimum Gasteiger partial charge on any atom is -0.422 e. The molecule has 2 aromatic rings. The van der Waals surface area contributed by atoms with E-state index in [1.807, 2.05) is 0 Å². The summed E-state index contributed by atoms with van der Waals surface area (Å²) in [7, 11) is 0. The van der Waals surface area contributed by atoms with Gasteiger partial charge < -0.3 is 14.1 Å². The van der Waals surface area contributed by atoms with Gasteiger partial charge >= 0.3 is 0 Å². The fraction of sp³-hybridized carbons (Fsp3) is 0.588. The van der Waals surface area contributed by atoms with Gasteiger partial charge in [-0.15, -0.1) is 10.2 Å². The van der Waals surface area contributed by atoms with Crippen molar-refractivity contribution in [2.75, 3.05) is 13.1 Å². The zero-order chi connectivity index (χ0) is 16.8. The van der Waals surface area contributed by atoms with E-state index in [0.717, 1.165) is 31.6 Å². The van der Waals surface area contributed by atoms with E-state index in [2.05, 4.69) is 20.2 Å². The third-order valence-electron chi connectivity index (χ3n) is 5.28. The summed E-state index contributed by atoms with van der Waals surface area (Å²) in [4.78, 5) is 22.4. The fourth-order valence-corrected chi connectivity index (χ4v) is 3.72. The van der Waals surface area contributed by atoms with Crippen molar-refractivity contribution in [3.63, 3.8) is 0 Å². The molecule has 8 heteroatoms. The van der Waals surface area contributed by atoms with Gasteiger partial charge in [0.05, 0.1) is 12.3 Å². The summed E-state index contributed by atoms with van der Waals surface area (Å²) in [5.74, 6) is 2.11. The molecule has 3 fully saturated rings. The van der Waals surface area contributed by atoms with Crippen molar-refractivity contribution in [2.24, 2.45) is 5.92 Å². The van der Waals surface area contributed by atoms with Gasteiger partial charge in [-0.05, 0) is 31.6 Å². The summed E-state index contributed by atoms with van der Waals surface area (Å²) < 4.78 is 12.0. The van der Waals surface area contributed by atoms with Crippen LogP contribution in [0.2, 0.25) is 0 Å². The minimum atomic E-state index is -0.151. The van der Waals surface area contributed by atoms with Crippen LogP contribution in [0.5, 0.6) is 0 Å². The Labute approximate surface area is 144 Å². The first-order valence-electron chi connectivity index (χ1n) is 8.82. The molecule has 0 bridgehead atoms. The van der Waals surface area contributed by atoms with Crippen LogP contribution < -0.4 is 0 Å². The Morgan fingerprint density at radius 3 is 2.84 bits per heavy atom. The first-order chi connectivity index (χ1) is 12.3. The second kappa shape index (κ2) is 5.87. The highest BCUT2D eigenvalue weighted by atomic mass is 16.5. The van der Waals surface area contributed by atoms with Gasteiger partial charge in [-0.3, -0.25) is 9.78 Å². The first-order valence-corrected chi connectivity index (χ1v) is 8.82. The van der Waals surface area contributed by atoms with Gasteiger partial charge in [-0.2, -0.15) is 0 Å². The lowest BCUT2D eigenvalue weighted by Crippen LogP contribution is -2.45. The predicted molar refractivity (Wildman–Crippen MR) is 84.5 cm³/mol. The molecule has 1 aliphatic carbocycles. The van der Waals surface area contributed by atoms with Crippen LogP contribution >= 0.6 is 0 Å². The normalized spacial score (nSPS) is 28.8. The smallest absolute Gasteiger partial charge is 0.274 e. The Bertz CT molecular complexity index is 776. The molecule has 1 saturated carbocycles. The number of amides is 1. The number of hydrogen-bond acceptors (Lipinski definition) is 7. The fourth-order valence-electron chi connectivity index (χ4n) is 3.72. The monoisotopic (exact) mass is 341 g/mol. The summed E-state index contributed by atoms with van der Waals surface area (Å²) in [6.07, 6.45) is 8.53. The SMILES string of the molecule is O=C(c1cnccn1)N1CC[C@@H]2C[C@H](c3nnc(C4CC4)o3)O[C@H]2C1. The second-order valence-corrected chi connectivity index (χ2v) is 7.04. The van der Waals surface area contributed by atoms with E-state index in [0.29, 0.717) is 36.5 Å². The Morgan fingerprint density at radius 1 is 1.16 bits per heavy atom. The van der Waals surface area contributed by atoms with Crippen LogP contribution in [-0.2, 0) is 4.74 Å². The highest BCUT2D eigenvalue weighted by molar-refractivity contribution is 5.92. The molecule has 0 aromatic carbocycles. The Morgan fingerprint density at radius 2 is 2.04 bits per heavy atom. The van der Waals surface area contributed by atoms with Crippen LogP contribution in [0.4, 0.5) is 0 Å². The lowest BCUT2D eigenvalue weighted by atomic mass is 9.91. The number of aromatic nitrogens is 4. The van der Waals surface area contributed by atoms with Crippen LogP contribution in [0, 0.1) is 5.92 Å². The average Bonchev–Trinajstić information content (AvgIpc) is 3.23. The van der Waals surface area contributed by atoms with Gasteiger partial charge in [0, 0.05) is 31.4 Å². The van der Waals surface area contributed by atoms with Gasteiger partial charge in [0.1, 0.15) is 11.8 Å². The number of carbonyl (C=O) groups is 1. The number of carbonyl (C=O) groups excluding carboxylic acids is 1. The Hall–Kier alpha value is -2.35. The number of ether oxygens (including phenoxy) is 1. The molecule has 0 unspecified atom stereocenters. The van der Waals surface area contributed by atoms with Crippen LogP contribution in [0.1, 0.15) is 60.0 Å². The van der Waals surface area contributed by atoms with E-state index in [4.69, 9.17) is 9.15 Å². The largest absolute Gasteiger partial charge is 0.422 e. The van der Waals surface area contributed by atoms with E-state index in [1.165, 1.54) is 12.4 Å². The predicted octanol–water partition coefficient (Wildman–Crippen LogP) is 1.73. The summed E-state index contributed by atoms with van der Waals surface area (Å²) >= 11 is 0. The second-order valence-electron chi connectivity index (χ2n) is 7.04. The molecule has 0 spiro atoms. The zero-order valence-electron chi connectivity index (χ0n) is 13.7. The number of likely N-dealkylation sites (tertiary alicyclic amines) is 1. The third-order valence-corrected chi connectivity index (χ3v) is 5.28. The number of nitrogens with zero attached hydrogens (tertiary/aromatic N) is 5. The lowest BCUT2D eigenvalue weighted by molar-refractivity contribution is -0.0126. The van der Waals surface area contributed by atoms with Gasteiger partial charge in [0.25, 0.3) is 5.91 Å². The van der Waals surface area contributed by atoms with E-state index in [1.54, 1.807) is 11.1 Å². The quantitative estimate of drug-likeness (QED) is 0.839. The summed E-state index contributed by atoms with van der Waals surface area (Å²) in [5, 5.41) is 8.33. The maximum Gasteiger partial charge on any atom is 0.274 e. The highest BCUT2D eigenvalue weighted by Gasteiger charge is 2.43. The van der Waals surface area contributed by atoms with Crippen molar-refractivity contribution in [3.8, 4) is 0 Å². The van der Waals surface area contributed by atoms with Gasteiger partial charge in [-0.1, -0.05) is 0 Å². The topological polar surface area (TPSA) is 94.2 Å². The molecule has 5 rings (SSSR count). The molecule has 8 nitrogen and oxygen atoms in total. The number of rotatable bonds is 3. The molecule has 2 aromatic heterocycles. The van der Waals surface area contributed by atoms with Crippen molar-refractivity contribution in [3.05, 3.63) is 36.1 Å². The first kappa shape index (κ1) is 14.9. The molecule has 25 heavy (non-hydrogen) atoms. The van der Waals surface area contributed by atoms with Gasteiger partial charge in [-0.25, -0.2) is 4.98 Å². The van der Waals surface area contributed by atoms with Crippen molar-refractivity contribution in [1.29, 1.82) is 0 Å². The van der Waals surface area contributed by atoms with Crippen LogP contribution in [-0.4, -0.2) is 50.2 Å². The van der Waals surface area contributed by atoms with E-state index in [-0.39, 0.29) is 18.1 Å². The van der Waals surface area contributed by atoms with Crippen molar-refractivity contribution >= 4 is 5.91 Å². The molecule has 3 aliphatic rings. The molecule has 2 saturated heterocycles. The van der Waals surface area contributed by atoms with Crippen LogP contribution in [0.3, 0.4) is 0 Å². The summed E-state index contributed by atoms with van der Waals surface area (Å²) in [6, 6.07) is 0. The van der Waals surface area contributed by atoms with Crippen molar-refractivity contribution < 1.29 is 13.9 Å².